The summed E-state index contributed by atoms with van der Waals surface area (Å²) in [5.74, 6) is 1.72. The first-order valence-electron chi connectivity index (χ1n) is 8.86. The first-order valence-corrected chi connectivity index (χ1v) is 8.86. The van der Waals surface area contributed by atoms with Crippen molar-refractivity contribution in [3.8, 4) is 11.5 Å². The van der Waals surface area contributed by atoms with Crippen LogP contribution >= 0.6 is 0 Å². The molecular formula is C22H23NO2. The molecule has 25 heavy (non-hydrogen) atoms. The Morgan fingerprint density at radius 1 is 1.04 bits per heavy atom. The molecule has 128 valence electrons. The van der Waals surface area contributed by atoms with Crippen molar-refractivity contribution in [3.05, 3.63) is 71.3 Å². The highest BCUT2D eigenvalue weighted by molar-refractivity contribution is 5.83. The molecule has 3 aromatic rings. The maximum atomic E-state index is 5.93. The van der Waals surface area contributed by atoms with Gasteiger partial charge in [-0.25, -0.2) is 0 Å². The normalized spacial score (nSPS) is 16.5. The Kier molecular flexibility index (Phi) is 4.33. The Labute approximate surface area is 148 Å². The van der Waals surface area contributed by atoms with Crippen molar-refractivity contribution in [2.24, 2.45) is 0 Å². The lowest BCUT2D eigenvalue weighted by molar-refractivity contribution is 0.305. The van der Waals surface area contributed by atoms with Gasteiger partial charge >= 0.3 is 0 Å². The molecule has 3 heteroatoms. The molecule has 0 amide bonds. The zero-order valence-electron chi connectivity index (χ0n) is 14.7. The van der Waals surface area contributed by atoms with Gasteiger partial charge in [0.25, 0.3) is 0 Å². The third-order valence-corrected chi connectivity index (χ3v) is 4.91. The minimum Gasteiger partial charge on any atom is -0.493 e. The van der Waals surface area contributed by atoms with E-state index in [1.807, 2.05) is 13.0 Å². The van der Waals surface area contributed by atoms with Crippen molar-refractivity contribution >= 4 is 10.8 Å². The van der Waals surface area contributed by atoms with Crippen LogP contribution in [-0.4, -0.2) is 20.3 Å². The molecule has 1 aliphatic heterocycles. The van der Waals surface area contributed by atoms with Crippen LogP contribution in [0.3, 0.4) is 0 Å². The Bertz CT molecular complexity index is 904. The molecule has 0 bridgehead atoms. The van der Waals surface area contributed by atoms with Gasteiger partial charge in [-0.2, -0.15) is 0 Å². The first-order chi connectivity index (χ1) is 12.3. The SMILES string of the molecule is CCOc1c(OC)ccc2c1CCNC2c1ccc2ccccc2c1. The maximum Gasteiger partial charge on any atom is 0.164 e. The van der Waals surface area contributed by atoms with E-state index in [4.69, 9.17) is 9.47 Å². The zero-order valence-corrected chi connectivity index (χ0v) is 14.7. The highest BCUT2D eigenvalue weighted by atomic mass is 16.5. The van der Waals surface area contributed by atoms with Crippen LogP contribution in [0.25, 0.3) is 10.8 Å². The van der Waals surface area contributed by atoms with Crippen molar-refractivity contribution in [2.75, 3.05) is 20.3 Å². The van der Waals surface area contributed by atoms with Gasteiger partial charge in [-0.1, -0.05) is 42.5 Å². The quantitative estimate of drug-likeness (QED) is 0.763. The lowest BCUT2D eigenvalue weighted by Gasteiger charge is -2.29. The fraction of sp³-hybridized carbons (Fsp3) is 0.273. The van der Waals surface area contributed by atoms with Crippen LogP contribution in [0, 0.1) is 0 Å². The monoisotopic (exact) mass is 333 g/mol. The van der Waals surface area contributed by atoms with E-state index in [0.29, 0.717) is 6.61 Å². The molecular weight excluding hydrogens is 310 g/mol. The second kappa shape index (κ2) is 6.77. The van der Waals surface area contributed by atoms with E-state index in [9.17, 15) is 0 Å². The minimum absolute atomic E-state index is 0.179. The molecule has 3 aromatic carbocycles. The average Bonchev–Trinajstić information content (AvgIpc) is 2.67. The summed E-state index contributed by atoms with van der Waals surface area (Å²) in [6.45, 7) is 3.58. The summed E-state index contributed by atoms with van der Waals surface area (Å²) < 4.78 is 11.4. The predicted molar refractivity (Wildman–Crippen MR) is 102 cm³/mol. The number of methoxy groups -OCH3 is 1. The summed E-state index contributed by atoms with van der Waals surface area (Å²) in [5, 5.41) is 6.21. The fourth-order valence-corrected chi connectivity index (χ4v) is 3.75. The van der Waals surface area contributed by atoms with E-state index in [-0.39, 0.29) is 6.04 Å². The molecule has 0 saturated carbocycles. The number of fused-ring (bicyclic) bond motifs is 2. The summed E-state index contributed by atoms with van der Waals surface area (Å²) in [4.78, 5) is 0. The number of ether oxygens (including phenoxy) is 2. The Morgan fingerprint density at radius 2 is 1.88 bits per heavy atom. The van der Waals surface area contributed by atoms with E-state index < -0.39 is 0 Å². The topological polar surface area (TPSA) is 30.5 Å². The first kappa shape index (κ1) is 16.0. The van der Waals surface area contributed by atoms with Gasteiger partial charge in [0, 0.05) is 12.1 Å². The van der Waals surface area contributed by atoms with Gasteiger partial charge in [0.1, 0.15) is 0 Å². The van der Waals surface area contributed by atoms with Crippen LogP contribution in [0.5, 0.6) is 11.5 Å². The number of rotatable bonds is 4. The van der Waals surface area contributed by atoms with Crippen molar-refractivity contribution in [2.45, 2.75) is 19.4 Å². The van der Waals surface area contributed by atoms with Gasteiger partial charge in [0.05, 0.1) is 19.8 Å². The molecule has 1 atom stereocenters. The Morgan fingerprint density at radius 3 is 2.68 bits per heavy atom. The number of benzene rings is 3. The number of hydrogen-bond donors (Lipinski definition) is 1. The molecule has 0 aromatic heterocycles. The molecule has 0 fully saturated rings. The smallest absolute Gasteiger partial charge is 0.164 e. The minimum atomic E-state index is 0.179. The van der Waals surface area contributed by atoms with E-state index in [1.165, 1.54) is 27.5 Å². The largest absolute Gasteiger partial charge is 0.493 e. The molecule has 4 rings (SSSR count). The van der Waals surface area contributed by atoms with Crippen molar-refractivity contribution < 1.29 is 9.47 Å². The summed E-state index contributed by atoms with van der Waals surface area (Å²) >= 11 is 0. The maximum absolute atomic E-state index is 5.93. The van der Waals surface area contributed by atoms with Gasteiger partial charge in [0.2, 0.25) is 0 Å². The van der Waals surface area contributed by atoms with Crippen molar-refractivity contribution in [3.63, 3.8) is 0 Å². The highest BCUT2D eigenvalue weighted by Crippen LogP contribution is 2.40. The third-order valence-electron chi connectivity index (χ3n) is 4.91. The number of nitrogens with one attached hydrogen (secondary N) is 1. The highest BCUT2D eigenvalue weighted by Gasteiger charge is 2.26. The summed E-state index contributed by atoms with van der Waals surface area (Å²) in [6, 6.07) is 19.6. The van der Waals surface area contributed by atoms with Gasteiger partial charge in [0.15, 0.2) is 11.5 Å². The predicted octanol–water partition coefficient (Wildman–Crippen LogP) is 4.48. The van der Waals surface area contributed by atoms with Crippen molar-refractivity contribution in [1.82, 2.24) is 5.32 Å². The molecule has 0 spiro atoms. The van der Waals surface area contributed by atoms with Gasteiger partial charge in [-0.15, -0.1) is 0 Å². The lowest BCUT2D eigenvalue weighted by atomic mass is 9.88. The number of hydrogen-bond acceptors (Lipinski definition) is 3. The third kappa shape index (κ3) is 2.85. The van der Waals surface area contributed by atoms with Crippen molar-refractivity contribution in [1.29, 1.82) is 0 Å². The van der Waals surface area contributed by atoms with Gasteiger partial charge in [-0.3, -0.25) is 0 Å². The lowest BCUT2D eigenvalue weighted by Crippen LogP contribution is -2.31. The molecule has 0 saturated heterocycles. The van der Waals surface area contributed by atoms with Crippen LogP contribution in [0.2, 0.25) is 0 Å². The van der Waals surface area contributed by atoms with E-state index in [1.54, 1.807) is 7.11 Å². The summed E-state index contributed by atoms with van der Waals surface area (Å²) in [6.07, 6.45) is 0.950. The Hall–Kier alpha value is -2.52. The fourth-order valence-electron chi connectivity index (χ4n) is 3.75. The molecule has 1 N–H and O–H groups in total. The van der Waals surface area contributed by atoms with Crippen LogP contribution in [0.4, 0.5) is 0 Å². The van der Waals surface area contributed by atoms with Gasteiger partial charge in [-0.05, 0) is 47.4 Å². The summed E-state index contributed by atoms with van der Waals surface area (Å²) in [5.41, 5.74) is 3.83. The van der Waals surface area contributed by atoms with Crippen LogP contribution in [-0.2, 0) is 6.42 Å². The summed E-state index contributed by atoms with van der Waals surface area (Å²) in [7, 11) is 1.70. The van der Waals surface area contributed by atoms with E-state index in [0.717, 1.165) is 24.5 Å². The van der Waals surface area contributed by atoms with Crippen LogP contribution < -0.4 is 14.8 Å². The standard InChI is InChI=1S/C22H23NO2/c1-3-25-22-19-12-13-23-21(18(19)10-11-20(22)24-2)17-9-8-15-6-4-5-7-16(15)14-17/h4-11,14,21,23H,3,12-13H2,1-2H3. The Balaban J connectivity index is 1.81. The molecule has 3 nitrogen and oxygen atoms in total. The zero-order chi connectivity index (χ0) is 17.2. The molecule has 0 radical (unpaired) electrons. The second-order valence-electron chi connectivity index (χ2n) is 6.34. The molecule has 0 aliphatic carbocycles. The van der Waals surface area contributed by atoms with Crippen LogP contribution in [0.15, 0.2) is 54.6 Å². The van der Waals surface area contributed by atoms with E-state index >= 15 is 0 Å². The molecule has 1 aliphatic rings. The van der Waals surface area contributed by atoms with Crippen LogP contribution in [0.1, 0.15) is 29.7 Å². The average molecular weight is 333 g/mol. The van der Waals surface area contributed by atoms with E-state index in [2.05, 4.69) is 53.8 Å². The second-order valence-corrected chi connectivity index (χ2v) is 6.34. The molecule has 1 unspecified atom stereocenters. The van der Waals surface area contributed by atoms with Gasteiger partial charge < -0.3 is 14.8 Å². The molecule has 1 heterocycles.